The van der Waals surface area contributed by atoms with Gasteiger partial charge in [-0.1, -0.05) is 44.2 Å². The highest BCUT2D eigenvalue weighted by atomic mass is 16.3. The molecule has 0 atom stereocenters. The van der Waals surface area contributed by atoms with Gasteiger partial charge in [-0.2, -0.15) is 0 Å². The Bertz CT molecular complexity index is 813. The number of unbranched alkanes of at least 4 members (excludes halogenated alkanes) is 6. The summed E-state index contributed by atoms with van der Waals surface area (Å²) in [6.07, 6.45) is 6.74. The fraction of sp³-hybridized carbons (Fsp3) is 0.391. The van der Waals surface area contributed by atoms with Crippen LogP contribution in [0.1, 0.15) is 65.7 Å². The Morgan fingerprint density at radius 2 is 0.935 bits per heavy atom. The van der Waals surface area contributed by atoms with Crippen LogP contribution < -0.4 is 10.6 Å². The second-order valence-electron chi connectivity index (χ2n) is 7.33. The van der Waals surface area contributed by atoms with Gasteiger partial charge in [0.25, 0.3) is 11.8 Å². The van der Waals surface area contributed by atoms with Crippen molar-refractivity contribution >= 4 is 11.8 Å². The molecule has 2 aromatic carbocycles. The van der Waals surface area contributed by atoms with Crippen LogP contribution in [0, 0.1) is 0 Å². The van der Waals surface area contributed by atoms with Crippen molar-refractivity contribution in [1.82, 2.24) is 10.6 Å². The van der Waals surface area contributed by atoms with Crippen molar-refractivity contribution in [2.24, 2.45) is 0 Å². The lowest BCUT2D eigenvalue weighted by Crippen LogP contribution is -2.24. The zero-order chi connectivity index (χ0) is 22.6. The van der Waals surface area contributed by atoms with Gasteiger partial charge in [0.05, 0.1) is 11.1 Å². The minimum atomic E-state index is -0.408. The number of para-hydroxylation sites is 2. The van der Waals surface area contributed by atoms with Crippen molar-refractivity contribution < 1.29 is 30.0 Å². The lowest BCUT2D eigenvalue weighted by atomic mass is 10.1. The first kappa shape index (κ1) is 23.9. The van der Waals surface area contributed by atoms with Crippen molar-refractivity contribution in [3.05, 3.63) is 47.5 Å². The van der Waals surface area contributed by atoms with Gasteiger partial charge in [-0.15, -0.1) is 0 Å². The molecule has 8 heteroatoms. The molecule has 8 nitrogen and oxygen atoms in total. The van der Waals surface area contributed by atoms with Crippen molar-refractivity contribution in [2.45, 2.75) is 44.9 Å². The van der Waals surface area contributed by atoms with E-state index in [-0.39, 0.29) is 22.6 Å². The zero-order valence-corrected chi connectivity index (χ0v) is 17.4. The normalized spacial score (nSPS) is 10.6. The summed E-state index contributed by atoms with van der Waals surface area (Å²) in [5.41, 5.74) is 0.123. The van der Waals surface area contributed by atoms with E-state index < -0.39 is 23.3 Å². The summed E-state index contributed by atoms with van der Waals surface area (Å²) in [5.74, 6) is -2.26. The molecule has 0 spiro atoms. The van der Waals surface area contributed by atoms with Crippen LogP contribution in [0.2, 0.25) is 0 Å². The minimum absolute atomic E-state index is 0.0615. The van der Waals surface area contributed by atoms with Gasteiger partial charge in [0, 0.05) is 13.1 Å². The largest absolute Gasteiger partial charge is 0.504 e. The topological polar surface area (TPSA) is 139 Å². The number of benzene rings is 2. The van der Waals surface area contributed by atoms with Crippen LogP contribution in [0.15, 0.2) is 36.4 Å². The van der Waals surface area contributed by atoms with Crippen LogP contribution in [0.25, 0.3) is 0 Å². The number of hydrogen-bond acceptors (Lipinski definition) is 6. The van der Waals surface area contributed by atoms with E-state index in [0.717, 1.165) is 44.9 Å². The first-order valence-electron chi connectivity index (χ1n) is 10.5. The highest BCUT2D eigenvalue weighted by Crippen LogP contribution is 2.28. The Morgan fingerprint density at radius 3 is 1.32 bits per heavy atom. The molecule has 2 rings (SSSR count). The first-order valence-corrected chi connectivity index (χ1v) is 10.5. The third kappa shape index (κ3) is 7.40. The Hall–Kier alpha value is -3.42. The third-order valence-corrected chi connectivity index (χ3v) is 4.94. The molecule has 2 aromatic rings. The molecule has 0 aliphatic carbocycles. The lowest BCUT2D eigenvalue weighted by molar-refractivity contribution is 0.0941. The van der Waals surface area contributed by atoms with Gasteiger partial charge >= 0.3 is 0 Å². The number of carbonyl (C=O) groups excluding carboxylic acids is 2. The number of hydrogen-bond donors (Lipinski definition) is 6. The summed E-state index contributed by atoms with van der Waals surface area (Å²) in [4.78, 5) is 24.0. The van der Waals surface area contributed by atoms with E-state index >= 15 is 0 Å². The van der Waals surface area contributed by atoms with Crippen LogP contribution in [-0.4, -0.2) is 45.3 Å². The quantitative estimate of drug-likeness (QED) is 0.225. The minimum Gasteiger partial charge on any atom is -0.504 e. The monoisotopic (exact) mass is 430 g/mol. The number of phenolic OH excluding ortho intramolecular Hbond substituents is 4. The summed E-state index contributed by atoms with van der Waals surface area (Å²) >= 11 is 0. The highest BCUT2D eigenvalue weighted by molar-refractivity contribution is 5.98. The predicted molar refractivity (Wildman–Crippen MR) is 117 cm³/mol. The molecule has 6 N–H and O–H groups in total. The third-order valence-electron chi connectivity index (χ3n) is 4.94. The maximum atomic E-state index is 12.0. The Morgan fingerprint density at radius 1 is 0.581 bits per heavy atom. The average Bonchev–Trinajstić information content (AvgIpc) is 2.75. The van der Waals surface area contributed by atoms with Crippen molar-refractivity contribution in [1.29, 1.82) is 0 Å². The van der Waals surface area contributed by atoms with Gasteiger partial charge in [-0.3, -0.25) is 9.59 Å². The lowest BCUT2D eigenvalue weighted by Gasteiger charge is -2.08. The molecule has 0 fully saturated rings. The maximum absolute atomic E-state index is 12.0. The summed E-state index contributed by atoms with van der Waals surface area (Å²) < 4.78 is 0. The molecule has 0 unspecified atom stereocenters. The molecule has 2 amide bonds. The fourth-order valence-electron chi connectivity index (χ4n) is 3.16. The average molecular weight is 431 g/mol. The van der Waals surface area contributed by atoms with Crippen molar-refractivity contribution in [3.8, 4) is 23.0 Å². The van der Waals surface area contributed by atoms with Crippen LogP contribution >= 0.6 is 0 Å². The zero-order valence-electron chi connectivity index (χ0n) is 17.4. The maximum Gasteiger partial charge on any atom is 0.255 e. The number of amides is 2. The van der Waals surface area contributed by atoms with Crippen molar-refractivity contribution in [2.75, 3.05) is 13.1 Å². The van der Waals surface area contributed by atoms with Crippen LogP contribution in [-0.2, 0) is 0 Å². The van der Waals surface area contributed by atoms with E-state index in [2.05, 4.69) is 10.6 Å². The molecule has 0 aliphatic heterocycles. The summed E-state index contributed by atoms with van der Waals surface area (Å²) in [5, 5.41) is 43.7. The molecule has 31 heavy (non-hydrogen) atoms. The molecule has 0 radical (unpaired) electrons. The van der Waals surface area contributed by atoms with Gasteiger partial charge in [0.15, 0.2) is 23.0 Å². The van der Waals surface area contributed by atoms with Gasteiger partial charge in [0.1, 0.15) is 0 Å². The number of nitrogens with one attached hydrogen (secondary N) is 2. The Kier molecular flexibility index (Phi) is 9.48. The van der Waals surface area contributed by atoms with Crippen LogP contribution in [0.4, 0.5) is 0 Å². The van der Waals surface area contributed by atoms with Crippen LogP contribution in [0.5, 0.6) is 23.0 Å². The fourth-order valence-corrected chi connectivity index (χ4v) is 3.16. The van der Waals surface area contributed by atoms with Gasteiger partial charge in [-0.25, -0.2) is 0 Å². The second-order valence-corrected chi connectivity index (χ2v) is 7.33. The Balaban J connectivity index is 1.48. The van der Waals surface area contributed by atoms with E-state index in [1.165, 1.54) is 36.4 Å². The summed E-state index contributed by atoms with van der Waals surface area (Å²) in [7, 11) is 0. The van der Waals surface area contributed by atoms with Crippen LogP contribution in [0.3, 0.4) is 0 Å². The van der Waals surface area contributed by atoms with Gasteiger partial charge in [0.2, 0.25) is 0 Å². The summed E-state index contributed by atoms with van der Waals surface area (Å²) in [6, 6.07) is 8.57. The second kappa shape index (κ2) is 12.3. The smallest absolute Gasteiger partial charge is 0.255 e. The molecule has 0 aliphatic rings. The number of phenols is 4. The molecule has 0 bridgehead atoms. The standard InChI is InChI=1S/C23H30N2O6/c26-18-12-8-10-16(20(18)28)22(30)24-14-6-4-2-1-3-5-7-15-25-23(31)17-11-9-13-19(27)21(17)29/h8-13,26-29H,1-7,14-15H2,(H,24,30)(H,25,31). The molecule has 0 saturated carbocycles. The first-order chi connectivity index (χ1) is 14.9. The van der Waals surface area contributed by atoms with E-state index in [9.17, 15) is 30.0 Å². The van der Waals surface area contributed by atoms with E-state index in [1.807, 2.05) is 0 Å². The molecule has 0 heterocycles. The van der Waals surface area contributed by atoms with Crippen molar-refractivity contribution in [3.63, 3.8) is 0 Å². The number of aromatic hydroxyl groups is 4. The molecule has 0 saturated heterocycles. The number of carbonyl (C=O) groups is 2. The van der Waals surface area contributed by atoms with E-state index in [0.29, 0.717) is 13.1 Å². The number of rotatable bonds is 12. The van der Waals surface area contributed by atoms with E-state index in [4.69, 9.17) is 0 Å². The summed E-state index contributed by atoms with van der Waals surface area (Å²) in [6.45, 7) is 1.00. The van der Waals surface area contributed by atoms with Gasteiger partial charge in [-0.05, 0) is 37.1 Å². The molecular formula is C23H30N2O6. The predicted octanol–water partition coefficient (Wildman–Crippen LogP) is 3.40. The Labute approximate surface area is 181 Å². The molecule has 0 aromatic heterocycles. The van der Waals surface area contributed by atoms with E-state index in [1.54, 1.807) is 0 Å². The van der Waals surface area contributed by atoms with Gasteiger partial charge < -0.3 is 31.1 Å². The SMILES string of the molecule is O=C(NCCCCCCCCCNC(=O)c1cccc(O)c1O)c1cccc(O)c1O. The molecule has 168 valence electrons. The molecular weight excluding hydrogens is 400 g/mol. The highest BCUT2D eigenvalue weighted by Gasteiger charge is 2.14.